The van der Waals surface area contributed by atoms with Crippen molar-refractivity contribution in [3.8, 4) is 0 Å². The summed E-state index contributed by atoms with van der Waals surface area (Å²) in [5.74, 6) is 0.926. The van der Waals surface area contributed by atoms with Crippen molar-refractivity contribution in [1.29, 1.82) is 0 Å². The van der Waals surface area contributed by atoms with E-state index in [-0.39, 0.29) is 0 Å². The van der Waals surface area contributed by atoms with Crippen LogP contribution in [0.15, 0.2) is 0 Å². The van der Waals surface area contributed by atoms with Gasteiger partial charge in [-0.3, -0.25) is 4.79 Å². The number of hydrogen-bond donors (Lipinski definition) is 1. The minimum Gasteiger partial charge on any atom is -0.337 e. The molecule has 0 saturated carbocycles. The summed E-state index contributed by atoms with van der Waals surface area (Å²) in [4.78, 5) is 14.1. The van der Waals surface area contributed by atoms with Crippen LogP contribution in [0, 0.1) is 5.92 Å². The van der Waals surface area contributed by atoms with Crippen LogP contribution in [0.3, 0.4) is 0 Å². The molecule has 1 N–H and O–H groups in total. The minimum absolute atomic E-state index is 0.335. The highest BCUT2D eigenvalue weighted by molar-refractivity contribution is 5.76. The molecule has 3 heteroatoms. The molecule has 94 valence electrons. The maximum absolute atomic E-state index is 12.0. The summed E-state index contributed by atoms with van der Waals surface area (Å²) in [5.41, 5.74) is 0. The standard InChI is InChI=1S/C13H26N2O/c1-5-6-7-13(16)15-9-12(10(2)3)14-8-11(15)4/h10-12,14H,5-9H2,1-4H3. The van der Waals surface area contributed by atoms with Gasteiger partial charge in [-0.15, -0.1) is 0 Å². The van der Waals surface area contributed by atoms with Gasteiger partial charge in [-0.2, -0.15) is 0 Å². The molecule has 0 aromatic rings. The van der Waals surface area contributed by atoms with Crippen LogP contribution in [0.2, 0.25) is 0 Å². The lowest BCUT2D eigenvalue weighted by atomic mass is 9.99. The van der Waals surface area contributed by atoms with E-state index in [0.29, 0.717) is 30.3 Å². The number of carbonyl (C=O) groups is 1. The van der Waals surface area contributed by atoms with E-state index in [0.717, 1.165) is 25.9 Å². The van der Waals surface area contributed by atoms with Crippen LogP contribution < -0.4 is 5.32 Å². The highest BCUT2D eigenvalue weighted by atomic mass is 16.2. The highest BCUT2D eigenvalue weighted by Gasteiger charge is 2.29. The Balaban J connectivity index is 2.52. The molecule has 0 radical (unpaired) electrons. The van der Waals surface area contributed by atoms with E-state index in [1.807, 2.05) is 0 Å². The molecule has 1 aliphatic heterocycles. The minimum atomic E-state index is 0.335. The normalized spacial score (nSPS) is 26.2. The van der Waals surface area contributed by atoms with Crippen LogP contribution in [0.25, 0.3) is 0 Å². The fourth-order valence-corrected chi connectivity index (χ4v) is 2.15. The van der Waals surface area contributed by atoms with Gasteiger partial charge in [-0.1, -0.05) is 27.2 Å². The van der Waals surface area contributed by atoms with Gasteiger partial charge in [-0.25, -0.2) is 0 Å². The molecule has 1 heterocycles. The Morgan fingerprint density at radius 2 is 2.19 bits per heavy atom. The number of nitrogens with zero attached hydrogens (tertiary/aromatic N) is 1. The molecule has 1 amide bonds. The summed E-state index contributed by atoms with van der Waals surface area (Å²) in [6.45, 7) is 10.5. The summed E-state index contributed by atoms with van der Waals surface area (Å²) < 4.78 is 0. The van der Waals surface area contributed by atoms with Gasteiger partial charge in [0.2, 0.25) is 5.91 Å². The molecule has 16 heavy (non-hydrogen) atoms. The first kappa shape index (κ1) is 13.5. The van der Waals surface area contributed by atoms with Gasteiger partial charge in [0.15, 0.2) is 0 Å². The molecule has 2 atom stereocenters. The molecule has 0 spiro atoms. The molecule has 0 aliphatic carbocycles. The number of hydrogen-bond acceptors (Lipinski definition) is 2. The number of amides is 1. The molecule has 2 unspecified atom stereocenters. The molecule has 0 bridgehead atoms. The lowest BCUT2D eigenvalue weighted by molar-refractivity contribution is -0.135. The maximum Gasteiger partial charge on any atom is 0.222 e. The number of piperazine rings is 1. The van der Waals surface area contributed by atoms with Gasteiger partial charge in [-0.05, 0) is 19.3 Å². The first-order valence-corrected chi connectivity index (χ1v) is 6.59. The molecule has 1 aliphatic rings. The van der Waals surface area contributed by atoms with Crippen molar-refractivity contribution in [2.75, 3.05) is 13.1 Å². The summed E-state index contributed by atoms with van der Waals surface area (Å²) in [7, 11) is 0. The van der Waals surface area contributed by atoms with E-state index < -0.39 is 0 Å². The average molecular weight is 226 g/mol. The highest BCUT2D eigenvalue weighted by Crippen LogP contribution is 2.14. The summed E-state index contributed by atoms with van der Waals surface area (Å²) >= 11 is 0. The van der Waals surface area contributed by atoms with Crippen molar-refractivity contribution in [1.82, 2.24) is 10.2 Å². The second-order valence-electron chi connectivity index (χ2n) is 5.26. The number of rotatable bonds is 4. The molecule has 1 saturated heterocycles. The molecular formula is C13H26N2O. The Hall–Kier alpha value is -0.570. The van der Waals surface area contributed by atoms with Crippen molar-refractivity contribution in [2.24, 2.45) is 5.92 Å². The Bertz CT molecular complexity index is 228. The van der Waals surface area contributed by atoms with Gasteiger partial charge in [0, 0.05) is 31.6 Å². The molecule has 0 aromatic heterocycles. The Labute approximate surface area is 99.6 Å². The Morgan fingerprint density at radius 1 is 1.50 bits per heavy atom. The van der Waals surface area contributed by atoms with Crippen molar-refractivity contribution in [3.05, 3.63) is 0 Å². The smallest absolute Gasteiger partial charge is 0.222 e. The molecule has 1 rings (SSSR count). The molecular weight excluding hydrogens is 200 g/mol. The van der Waals surface area contributed by atoms with Crippen LogP contribution in [-0.2, 0) is 4.79 Å². The van der Waals surface area contributed by atoms with Gasteiger partial charge >= 0.3 is 0 Å². The Morgan fingerprint density at radius 3 is 2.75 bits per heavy atom. The van der Waals surface area contributed by atoms with Crippen LogP contribution in [-0.4, -0.2) is 36.0 Å². The van der Waals surface area contributed by atoms with Crippen LogP contribution in [0.5, 0.6) is 0 Å². The fraction of sp³-hybridized carbons (Fsp3) is 0.923. The van der Waals surface area contributed by atoms with Crippen LogP contribution in [0.1, 0.15) is 47.0 Å². The third kappa shape index (κ3) is 3.48. The predicted octanol–water partition coefficient (Wildman–Crippen LogP) is 2.02. The van der Waals surface area contributed by atoms with E-state index in [1.54, 1.807) is 0 Å². The molecule has 0 aromatic carbocycles. The quantitative estimate of drug-likeness (QED) is 0.795. The van der Waals surface area contributed by atoms with Gasteiger partial charge < -0.3 is 10.2 Å². The largest absolute Gasteiger partial charge is 0.337 e. The topological polar surface area (TPSA) is 32.3 Å². The second kappa shape index (κ2) is 6.24. The average Bonchev–Trinajstić information content (AvgIpc) is 2.26. The molecule has 1 fully saturated rings. The van der Waals surface area contributed by atoms with Crippen molar-refractivity contribution >= 4 is 5.91 Å². The van der Waals surface area contributed by atoms with Crippen LogP contribution >= 0.6 is 0 Å². The van der Waals surface area contributed by atoms with Crippen LogP contribution in [0.4, 0.5) is 0 Å². The number of nitrogens with one attached hydrogen (secondary N) is 1. The van der Waals surface area contributed by atoms with E-state index in [1.165, 1.54) is 0 Å². The summed E-state index contributed by atoms with van der Waals surface area (Å²) in [6, 6.07) is 0.807. The van der Waals surface area contributed by atoms with Crippen molar-refractivity contribution in [2.45, 2.75) is 59.0 Å². The number of unbranched alkanes of at least 4 members (excludes halogenated alkanes) is 1. The van der Waals surface area contributed by atoms with Gasteiger partial charge in [0.25, 0.3) is 0 Å². The monoisotopic (exact) mass is 226 g/mol. The zero-order chi connectivity index (χ0) is 12.1. The first-order valence-electron chi connectivity index (χ1n) is 6.59. The van der Waals surface area contributed by atoms with E-state index in [9.17, 15) is 4.79 Å². The zero-order valence-corrected chi connectivity index (χ0v) is 11.1. The SMILES string of the molecule is CCCCC(=O)N1CC(C(C)C)NCC1C. The lowest BCUT2D eigenvalue weighted by Gasteiger charge is -2.40. The van der Waals surface area contributed by atoms with Gasteiger partial charge in [0.05, 0.1) is 0 Å². The third-order valence-corrected chi connectivity index (χ3v) is 3.47. The van der Waals surface area contributed by atoms with Gasteiger partial charge in [0.1, 0.15) is 0 Å². The Kier molecular flexibility index (Phi) is 5.26. The molecule has 3 nitrogen and oxygen atoms in total. The second-order valence-corrected chi connectivity index (χ2v) is 5.26. The first-order chi connectivity index (χ1) is 7.56. The van der Waals surface area contributed by atoms with Crippen molar-refractivity contribution < 1.29 is 4.79 Å². The van der Waals surface area contributed by atoms with E-state index in [4.69, 9.17) is 0 Å². The number of carbonyl (C=O) groups excluding carboxylic acids is 1. The lowest BCUT2D eigenvalue weighted by Crippen LogP contribution is -2.58. The maximum atomic E-state index is 12.0. The fourth-order valence-electron chi connectivity index (χ4n) is 2.15. The zero-order valence-electron chi connectivity index (χ0n) is 11.1. The summed E-state index contributed by atoms with van der Waals surface area (Å²) in [5, 5.41) is 3.52. The predicted molar refractivity (Wildman–Crippen MR) is 67.3 cm³/mol. The van der Waals surface area contributed by atoms with Crippen molar-refractivity contribution in [3.63, 3.8) is 0 Å². The van der Waals surface area contributed by atoms with E-state index >= 15 is 0 Å². The summed E-state index contributed by atoms with van der Waals surface area (Å²) in [6.07, 6.45) is 2.83. The van der Waals surface area contributed by atoms with E-state index in [2.05, 4.69) is 37.9 Å². The third-order valence-electron chi connectivity index (χ3n) is 3.47.